The highest BCUT2D eigenvalue weighted by atomic mass is 16.3. The van der Waals surface area contributed by atoms with Crippen molar-refractivity contribution in [3.8, 4) is 62.2 Å². The number of aromatic nitrogens is 2. The Kier molecular flexibility index (Phi) is 6.48. The Hall–Kier alpha value is -6.31. The molecule has 0 aliphatic carbocycles. The van der Waals surface area contributed by atoms with E-state index in [1.807, 2.05) is 84.9 Å². The van der Waals surface area contributed by atoms with Crippen LogP contribution in [0.3, 0.4) is 0 Å². The second-order valence-corrected chi connectivity index (χ2v) is 11.0. The fraction of sp³-hybridized carbons (Fsp3) is 0. The van der Waals surface area contributed by atoms with Gasteiger partial charge < -0.3 is 4.42 Å². The van der Waals surface area contributed by atoms with Crippen molar-refractivity contribution in [3.05, 3.63) is 157 Å². The molecule has 0 unspecified atom stereocenters. The lowest BCUT2D eigenvalue weighted by Crippen LogP contribution is -1.96. The summed E-state index contributed by atoms with van der Waals surface area (Å²) >= 11 is 0. The lowest BCUT2D eigenvalue weighted by atomic mass is 9.93. The lowest BCUT2D eigenvalue weighted by molar-refractivity contribution is 0.670. The molecule has 0 aliphatic rings. The van der Waals surface area contributed by atoms with Crippen LogP contribution in [0.4, 0.5) is 0 Å². The first-order chi connectivity index (χ1) is 22.2. The summed E-state index contributed by atoms with van der Waals surface area (Å²) in [4.78, 5) is 10.1. The first-order valence-corrected chi connectivity index (χ1v) is 14.8. The van der Waals surface area contributed by atoms with Gasteiger partial charge in [0.05, 0.1) is 23.0 Å². The Labute approximate surface area is 260 Å². The summed E-state index contributed by atoms with van der Waals surface area (Å²) in [6.45, 7) is 0. The third kappa shape index (κ3) is 4.93. The summed E-state index contributed by atoms with van der Waals surface area (Å²) in [5.41, 5.74) is 11.0. The number of hydrogen-bond acceptors (Lipinski definition) is 4. The van der Waals surface area contributed by atoms with Crippen LogP contribution in [0.25, 0.3) is 78.1 Å². The Bertz CT molecular complexity index is 2370. The van der Waals surface area contributed by atoms with Crippen LogP contribution < -0.4 is 0 Å². The van der Waals surface area contributed by atoms with Gasteiger partial charge in [-0.2, -0.15) is 5.26 Å². The van der Waals surface area contributed by atoms with Gasteiger partial charge in [-0.1, -0.05) is 109 Å². The number of fused-ring (bicyclic) bond motifs is 3. The second-order valence-electron chi connectivity index (χ2n) is 11.0. The molecule has 2 aromatic heterocycles. The number of benzene rings is 6. The molecule has 0 bridgehead atoms. The molecule has 8 aromatic rings. The number of rotatable bonds is 5. The fourth-order valence-electron chi connectivity index (χ4n) is 5.88. The maximum atomic E-state index is 9.35. The van der Waals surface area contributed by atoms with E-state index in [0.29, 0.717) is 11.4 Å². The zero-order valence-corrected chi connectivity index (χ0v) is 24.2. The van der Waals surface area contributed by atoms with Crippen molar-refractivity contribution in [2.75, 3.05) is 0 Å². The summed E-state index contributed by atoms with van der Waals surface area (Å²) in [6.07, 6.45) is 0. The normalized spacial score (nSPS) is 11.1. The minimum absolute atomic E-state index is 0.608. The molecule has 0 saturated heterocycles. The quantitative estimate of drug-likeness (QED) is 0.205. The number of hydrogen-bond donors (Lipinski definition) is 0. The largest absolute Gasteiger partial charge is 0.455 e. The van der Waals surface area contributed by atoms with Crippen LogP contribution in [0.5, 0.6) is 0 Å². The van der Waals surface area contributed by atoms with Gasteiger partial charge in [0.15, 0.2) is 5.82 Å². The minimum atomic E-state index is 0.608. The number of para-hydroxylation sites is 2. The number of nitriles is 1. The summed E-state index contributed by atoms with van der Waals surface area (Å²) in [5, 5.41) is 11.5. The van der Waals surface area contributed by atoms with E-state index in [9.17, 15) is 5.26 Å². The van der Waals surface area contributed by atoms with Gasteiger partial charge in [-0.25, -0.2) is 9.97 Å². The van der Waals surface area contributed by atoms with E-state index in [0.717, 1.165) is 72.3 Å². The van der Waals surface area contributed by atoms with Crippen molar-refractivity contribution in [1.29, 1.82) is 5.26 Å². The van der Waals surface area contributed by atoms with Gasteiger partial charge in [-0.05, 0) is 59.2 Å². The third-order valence-corrected chi connectivity index (χ3v) is 8.12. The molecule has 0 aliphatic heterocycles. The molecule has 0 atom stereocenters. The van der Waals surface area contributed by atoms with Crippen molar-refractivity contribution >= 4 is 21.9 Å². The van der Waals surface area contributed by atoms with Gasteiger partial charge >= 0.3 is 0 Å². The first kappa shape index (κ1) is 26.3. The summed E-state index contributed by atoms with van der Waals surface area (Å²) in [6, 6.07) is 53.3. The maximum Gasteiger partial charge on any atom is 0.160 e. The number of furan rings is 1. The monoisotopic (exact) mass is 575 g/mol. The van der Waals surface area contributed by atoms with Gasteiger partial charge in [-0.15, -0.1) is 0 Å². The SMILES string of the molecule is N#Cc1ccc(-c2cc(-c3cc(-c4ccccc4)cc(-c4cccc5c4oc4ccccc45)c3)nc(-c3ccccc3)n2)cc1. The molecule has 0 amide bonds. The standard InChI is InChI=1S/C41H25N3O/c42-26-27-18-20-29(21-19-27)37-25-38(44-41(43-37)30-12-5-2-6-13-30)33-23-31(28-10-3-1-4-11-28)22-32(24-33)34-15-9-16-36-35-14-7-8-17-39(35)45-40(34)36/h1-25H. The van der Waals surface area contributed by atoms with E-state index >= 15 is 0 Å². The van der Waals surface area contributed by atoms with Gasteiger partial charge in [0, 0.05) is 33.0 Å². The maximum absolute atomic E-state index is 9.35. The van der Waals surface area contributed by atoms with E-state index in [-0.39, 0.29) is 0 Å². The Morgan fingerprint density at radius 1 is 0.467 bits per heavy atom. The van der Waals surface area contributed by atoms with E-state index in [1.165, 1.54) is 0 Å². The lowest BCUT2D eigenvalue weighted by Gasteiger charge is -2.13. The third-order valence-electron chi connectivity index (χ3n) is 8.12. The van der Waals surface area contributed by atoms with Crippen molar-refractivity contribution in [2.24, 2.45) is 0 Å². The summed E-state index contributed by atoms with van der Waals surface area (Å²) in [7, 11) is 0. The highest BCUT2D eigenvalue weighted by Gasteiger charge is 2.16. The molecule has 210 valence electrons. The topological polar surface area (TPSA) is 62.7 Å². The second kappa shape index (κ2) is 11.1. The highest BCUT2D eigenvalue weighted by molar-refractivity contribution is 6.09. The Morgan fingerprint density at radius 3 is 1.84 bits per heavy atom. The molecule has 2 heterocycles. The molecule has 0 saturated carbocycles. The molecule has 0 N–H and O–H groups in total. The molecule has 6 aromatic carbocycles. The molecular weight excluding hydrogens is 550 g/mol. The van der Waals surface area contributed by atoms with Crippen LogP contribution in [-0.2, 0) is 0 Å². The van der Waals surface area contributed by atoms with Gasteiger partial charge in [0.2, 0.25) is 0 Å². The molecule has 45 heavy (non-hydrogen) atoms. The summed E-state index contributed by atoms with van der Waals surface area (Å²) in [5.74, 6) is 0.638. The van der Waals surface area contributed by atoms with Crippen LogP contribution in [0.15, 0.2) is 156 Å². The summed E-state index contributed by atoms with van der Waals surface area (Å²) < 4.78 is 6.45. The molecule has 0 radical (unpaired) electrons. The Balaban J connectivity index is 1.37. The molecule has 4 nitrogen and oxygen atoms in total. The first-order valence-electron chi connectivity index (χ1n) is 14.8. The number of nitrogens with zero attached hydrogens (tertiary/aromatic N) is 3. The van der Waals surface area contributed by atoms with Crippen molar-refractivity contribution in [1.82, 2.24) is 9.97 Å². The van der Waals surface area contributed by atoms with Gasteiger partial charge in [0.1, 0.15) is 11.2 Å². The average Bonchev–Trinajstić information content (AvgIpc) is 3.51. The predicted octanol–water partition coefficient (Wildman–Crippen LogP) is 10.6. The van der Waals surface area contributed by atoms with Crippen LogP contribution in [0, 0.1) is 11.3 Å². The van der Waals surface area contributed by atoms with Crippen LogP contribution in [0.1, 0.15) is 5.56 Å². The van der Waals surface area contributed by atoms with Gasteiger partial charge in [0.25, 0.3) is 0 Å². The smallest absolute Gasteiger partial charge is 0.160 e. The predicted molar refractivity (Wildman–Crippen MR) is 181 cm³/mol. The highest BCUT2D eigenvalue weighted by Crippen LogP contribution is 2.39. The molecule has 0 fully saturated rings. The van der Waals surface area contributed by atoms with Crippen LogP contribution in [0.2, 0.25) is 0 Å². The fourth-order valence-corrected chi connectivity index (χ4v) is 5.88. The molecular formula is C41H25N3O. The molecule has 4 heteroatoms. The van der Waals surface area contributed by atoms with E-state index in [1.54, 1.807) is 0 Å². The van der Waals surface area contributed by atoms with Crippen molar-refractivity contribution in [2.45, 2.75) is 0 Å². The zero-order valence-electron chi connectivity index (χ0n) is 24.2. The van der Waals surface area contributed by atoms with Crippen LogP contribution >= 0.6 is 0 Å². The van der Waals surface area contributed by atoms with Crippen molar-refractivity contribution in [3.63, 3.8) is 0 Å². The van der Waals surface area contributed by atoms with E-state index < -0.39 is 0 Å². The zero-order chi connectivity index (χ0) is 30.2. The molecule has 8 rings (SSSR count). The van der Waals surface area contributed by atoms with E-state index in [2.05, 4.69) is 72.8 Å². The van der Waals surface area contributed by atoms with Crippen LogP contribution in [-0.4, -0.2) is 9.97 Å². The van der Waals surface area contributed by atoms with E-state index in [4.69, 9.17) is 14.4 Å². The minimum Gasteiger partial charge on any atom is -0.455 e. The van der Waals surface area contributed by atoms with Gasteiger partial charge in [-0.3, -0.25) is 0 Å². The molecule has 0 spiro atoms. The van der Waals surface area contributed by atoms with Crippen molar-refractivity contribution < 1.29 is 4.42 Å². The Morgan fingerprint density at radius 2 is 1.09 bits per heavy atom. The average molecular weight is 576 g/mol.